The van der Waals surface area contributed by atoms with Crippen LogP contribution in [0, 0.1) is 0 Å². The third kappa shape index (κ3) is 4.89. The Kier molecular flexibility index (Phi) is 6.14. The van der Waals surface area contributed by atoms with E-state index in [1.165, 1.54) is 11.0 Å². The highest BCUT2D eigenvalue weighted by Crippen LogP contribution is 2.25. The van der Waals surface area contributed by atoms with E-state index in [-0.39, 0.29) is 5.91 Å². The number of hydrogen-bond donors (Lipinski definition) is 2. The molecule has 0 saturated carbocycles. The number of nitrogen functional groups attached to an aromatic ring is 1. The molecule has 0 unspecified atom stereocenters. The van der Waals surface area contributed by atoms with E-state index in [0.717, 1.165) is 35.0 Å². The van der Waals surface area contributed by atoms with Crippen LogP contribution >= 0.6 is 11.8 Å². The molecule has 0 aliphatic heterocycles. The van der Waals surface area contributed by atoms with Crippen LogP contribution in [0.3, 0.4) is 0 Å². The van der Waals surface area contributed by atoms with E-state index >= 15 is 0 Å². The van der Waals surface area contributed by atoms with Crippen molar-refractivity contribution in [3.63, 3.8) is 0 Å². The molecule has 2 aromatic carbocycles. The first-order valence-corrected chi connectivity index (χ1v) is 10.1. The summed E-state index contributed by atoms with van der Waals surface area (Å²) in [4.78, 5) is 18.0. The zero-order valence-corrected chi connectivity index (χ0v) is 16.3. The van der Waals surface area contributed by atoms with Gasteiger partial charge >= 0.3 is 0 Å². The van der Waals surface area contributed by atoms with Crippen LogP contribution < -0.4 is 11.1 Å². The van der Waals surface area contributed by atoms with Crippen molar-refractivity contribution in [2.24, 2.45) is 0 Å². The lowest BCUT2D eigenvalue weighted by Gasteiger charge is -2.08. The number of nitrogens with one attached hydrogen (secondary N) is 1. The SMILES string of the molecule is CCCc1cc(N)c2cc(NC(=O)C=Cc3ccc(SC)cc3)ccc2n1. The molecule has 0 radical (unpaired) electrons. The van der Waals surface area contributed by atoms with Crippen LogP contribution in [0.15, 0.2) is 59.5 Å². The van der Waals surface area contributed by atoms with Gasteiger partial charge in [0.15, 0.2) is 0 Å². The van der Waals surface area contributed by atoms with Gasteiger partial charge < -0.3 is 11.1 Å². The van der Waals surface area contributed by atoms with Gasteiger partial charge in [-0.25, -0.2) is 0 Å². The van der Waals surface area contributed by atoms with Crippen LogP contribution in [0.1, 0.15) is 24.6 Å². The number of aryl methyl sites for hydroxylation is 1. The summed E-state index contributed by atoms with van der Waals surface area (Å²) in [6.45, 7) is 2.12. The number of benzene rings is 2. The Morgan fingerprint density at radius 1 is 1.19 bits per heavy atom. The second kappa shape index (κ2) is 8.73. The van der Waals surface area contributed by atoms with E-state index in [0.29, 0.717) is 11.4 Å². The molecule has 1 aromatic heterocycles. The number of anilines is 2. The highest BCUT2D eigenvalue weighted by molar-refractivity contribution is 7.98. The van der Waals surface area contributed by atoms with Gasteiger partial charge in [-0.05, 0) is 60.7 Å². The normalized spacial score (nSPS) is 11.2. The fraction of sp³-hybridized carbons (Fsp3) is 0.182. The van der Waals surface area contributed by atoms with Crippen LogP contribution in [0.2, 0.25) is 0 Å². The molecule has 0 aliphatic rings. The number of carbonyl (C=O) groups is 1. The third-order valence-electron chi connectivity index (χ3n) is 4.21. The van der Waals surface area contributed by atoms with Crippen molar-refractivity contribution >= 4 is 46.0 Å². The Labute approximate surface area is 163 Å². The van der Waals surface area contributed by atoms with E-state index in [2.05, 4.69) is 17.2 Å². The molecule has 1 heterocycles. The highest BCUT2D eigenvalue weighted by atomic mass is 32.2. The third-order valence-corrected chi connectivity index (χ3v) is 4.95. The first-order valence-electron chi connectivity index (χ1n) is 8.91. The number of thioether (sulfide) groups is 1. The number of pyridine rings is 1. The van der Waals surface area contributed by atoms with Gasteiger partial charge in [0.25, 0.3) is 0 Å². The second-order valence-electron chi connectivity index (χ2n) is 6.28. The molecule has 0 fully saturated rings. The monoisotopic (exact) mass is 377 g/mol. The summed E-state index contributed by atoms with van der Waals surface area (Å²) in [5.41, 5.74) is 10.4. The number of hydrogen-bond acceptors (Lipinski definition) is 4. The largest absolute Gasteiger partial charge is 0.398 e. The van der Waals surface area contributed by atoms with Crippen molar-refractivity contribution in [1.82, 2.24) is 4.98 Å². The van der Waals surface area contributed by atoms with E-state index in [1.807, 2.05) is 54.8 Å². The fourth-order valence-electron chi connectivity index (χ4n) is 2.84. The molecular weight excluding hydrogens is 354 g/mol. The maximum atomic E-state index is 12.2. The Morgan fingerprint density at radius 2 is 1.96 bits per heavy atom. The van der Waals surface area contributed by atoms with Gasteiger partial charge in [0, 0.05) is 33.4 Å². The molecule has 0 saturated heterocycles. The Morgan fingerprint density at radius 3 is 2.67 bits per heavy atom. The molecule has 3 aromatic rings. The molecule has 0 bridgehead atoms. The van der Waals surface area contributed by atoms with Gasteiger partial charge in [0.05, 0.1) is 5.52 Å². The van der Waals surface area contributed by atoms with Crippen molar-refractivity contribution in [2.45, 2.75) is 24.7 Å². The Hall–Kier alpha value is -2.79. The predicted octanol–water partition coefficient (Wildman–Crippen LogP) is 5.14. The summed E-state index contributed by atoms with van der Waals surface area (Å²) in [7, 11) is 0. The summed E-state index contributed by atoms with van der Waals surface area (Å²) in [6, 6.07) is 15.6. The number of aromatic nitrogens is 1. The Balaban J connectivity index is 1.73. The first kappa shape index (κ1) is 19.0. The van der Waals surface area contributed by atoms with Crippen LogP contribution in [-0.4, -0.2) is 17.1 Å². The molecule has 27 heavy (non-hydrogen) atoms. The summed E-state index contributed by atoms with van der Waals surface area (Å²) >= 11 is 1.69. The standard InChI is InChI=1S/C22H23N3OS/c1-3-4-16-14-20(23)19-13-17(8-11-21(19)24-16)25-22(26)12-7-15-5-9-18(27-2)10-6-15/h5-14H,3-4H2,1-2H3,(H2,23,24)(H,25,26). The highest BCUT2D eigenvalue weighted by Gasteiger charge is 2.06. The fourth-order valence-corrected chi connectivity index (χ4v) is 3.25. The summed E-state index contributed by atoms with van der Waals surface area (Å²) in [6.07, 6.45) is 7.30. The molecule has 0 spiro atoms. The minimum atomic E-state index is -0.183. The molecule has 4 nitrogen and oxygen atoms in total. The van der Waals surface area contributed by atoms with Crippen molar-refractivity contribution in [2.75, 3.05) is 17.3 Å². The van der Waals surface area contributed by atoms with Gasteiger partial charge in [-0.15, -0.1) is 11.8 Å². The quantitative estimate of drug-likeness (QED) is 0.461. The van der Waals surface area contributed by atoms with Crippen LogP contribution in [-0.2, 0) is 11.2 Å². The zero-order valence-electron chi connectivity index (χ0n) is 15.5. The molecule has 138 valence electrons. The van der Waals surface area contributed by atoms with Gasteiger partial charge in [-0.1, -0.05) is 25.5 Å². The molecule has 1 amide bonds. The minimum Gasteiger partial charge on any atom is -0.398 e. The lowest BCUT2D eigenvalue weighted by Crippen LogP contribution is -2.08. The van der Waals surface area contributed by atoms with E-state index < -0.39 is 0 Å². The van der Waals surface area contributed by atoms with Crippen LogP contribution in [0.5, 0.6) is 0 Å². The number of fused-ring (bicyclic) bond motifs is 1. The van der Waals surface area contributed by atoms with Crippen molar-refractivity contribution in [3.8, 4) is 0 Å². The lowest BCUT2D eigenvalue weighted by molar-refractivity contribution is -0.111. The minimum absolute atomic E-state index is 0.183. The lowest BCUT2D eigenvalue weighted by atomic mass is 10.1. The average Bonchev–Trinajstić information content (AvgIpc) is 2.67. The number of carbonyl (C=O) groups excluding carboxylic acids is 1. The Bertz CT molecular complexity index is 981. The zero-order chi connectivity index (χ0) is 19.2. The summed E-state index contributed by atoms with van der Waals surface area (Å²) in [5, 5.41) is 3.73. The van der Waals surface area contributed by atoms with Gasteiger partial charge in [-0.2, -0.15) is 0 Å². The molecule has 5 heteroatoms. The smallest absolute Gasteiger partial charge is 0.248 e. The van der Waals surface area contributed by atoms with Crippen LogP contribution in [0.4, 0.5) is 11.4 Å². The van der Waals surface area contributed by atoms with Crippen molar-refractivity contribution < 1.29 is 4.79 Å². The van der Waals surface area contributed by atoms with Gasteiger partial charge in [-0.3, -0.25) is 9.78 Å². The average molecular weight is 378 g/mol. The van der Waals surface area contributed by atoms with Crippen molar-refractivity contribution in [3.05, 3.63) is 65.9 Å². The number of rotatable bonds is 6. The number of nitrogens with zero attached hydrogens (tertiary/aromatic N) is 1. The van der Waals surface area contributed by atoms with E-state index in [4.69, 9.17) is 5.73 Å². The van der Waals surface area contributed by atoms with E-state index in [1.54, 1.807) is 17.8 Å². The topological polar surface area (TPSA) is 68.0 Å². The second-order valence-corrected chi connectivity index (χ2v) is 7.16. The predicted molar refractivity (Wildman–Crippen MR) is 116 cm³/mol. The van der Waals surface area contributed by atoms with Crippen LogP contribution in [0.25, 0.3) is 17.0 Å². The molecular formula is C22H23N3OS. The van der Waals surface area contributed by atoms with Gasteiger partial charge in [0.1, 0.15) is 0 Å². The summed E-state index contributed by atoms with van der Waals surface area (Å²) < 4.78 is 0. The first-order chi connectivity index (χ1) is 13.1. The van der Waals surface area contributed by atoms with E-state index in [9.17, 15) is 4.79 Å². The number of amides is 1. The summed E-state index contributed by atoms with van der Waals surface area (Å²) in [5.74, 6) is -0.183. The maximum Gasteiger partial charge on any atom is 0.248 e. The van der Waals surface area contributed by atoms with Crippen molar-refractivity contribution in [1.29, 1.82) is 0 Å². The molecule has 3 rings (SSSR count). The molecule has 0 aliphatic carbocycles. The molecule has 0 atom stereocenters. The maximum absolute atomic E-state index is 12.2. The molecule has 3 N–H and O–H groups in total. The number of nitrogens with two attached hydrogens (primary N) is 1. The van der Waals surface area contributed by atoms with Gasteiger partial charge in [0.2, 0.25) is 5.91 Å².